The Morgan fingerprint density at radius 2 is 2.27 bits per heavy atom. The van der Waals surface area contributed by atoms with Crippen LogP contribution in [0.3, 0.4) is 0 Å². The third-order valence-electron chi connectivity index (χ3n) is 2.13. The lowest BCUT2D eigenvalue weighted by atomic mass is 10.3. The van der Waals surface area contributed by atoms with Gasteiger partial charge in [-0.2, -0.15) is 0 Å². The van der Waals surface area contributed by atoms with E-state index >= 15 is 0 Å². The number of nitrogens with zero attached hydrogens (tertiary/aromatic N) is 2. The average molecular weight is 269 g/mol. The minimum Gasteiger partial charge on any atom is -0.464 e. The number of rotatable bonds is 1. The van der Waals surface area contributed by atoms with E-state index in [1.165, 1.54) is 7.11 Å². The number of carbonyl (C=O) groups excluding carboxylic acids is 1. The Morgan fingerprint density at radius 3 is 2.93 bits per heavy atom. The number of carbonyl (C=O) groups is 1. The van der Waals surface area contributed by atoms with Crippen molar-refractivity contribution in [2.24, 2.45) is 0 Å². The molecule has 0 aliphatic rings. The molecule has 2 rings (SSSR count). The zero-order valence-corrected chi connectivity index (χ0v) is 9.91. The van der Waals surface area contributed by atoms with Crippen LogP contribution in [0, 0.1) is 6.92 Å². The normalized spacial score (nSPS) is 10.6. The number of ether oxygens (including phenoxy) is 1. The summed E-state index contributed by atoms with van der Waals surface area (Å²) in [6.45, 7) is 1.97. The first kappa shape index (κ1) is 10.2. The summed E-state index contributed by atoms with van der Waals surface area (Å²) in [6, 6.07) is 1.90. The zero-order chi connectivity index (χ0) is 11.0. The minimum absolute atomic E-state index is 0.315. The van der Waals surface area contributed by atoms with Gasteiger partial charge >= 0.3 is 5.97 Å². The maximum atomic E-state index is 11.2. The molecule has 0 atom stereocenters. The highest BCUT2D eigenvalue weighted by Crippen LogP contribution is 2.18. The van der Waals surface area contributed by atoms with E-state index in [0.29, 0.717) is 5.69 Å². The van der Waals surface area contributed by atoms with Crippen molar-refractivity contribution in [3.05, 3.63) is 34.2 Å². The number of fused-ring (bicyclic) bond motifs is 1. The van der Waals surface area contributed by atoms with Crippen molar-refractivity contribution < 1.29 is 9.53 Å². The van der Waals surface area contributed by atoms with Gasteiger partial charge in [0.1, 0.15) is 5.65 Å². The van der Waals surface area contributed by atoms with Crippen molar-refractivity contribution in [2.45, 2.75) is 6.92 Å². The van der Waals surface area contributed by atoms with Crippen LogP contribution in [0.5, 0.6) is 0 Å². The molecule has 5 heteroatoms. The molecule has 2 aromatic heterocycles. The maximum absolute atomic E-state index is 11.2. The Kier molecular flexibility index (Phi) is 2.48. The van der Waals surface area contributed by atoms with Crippen LogP contribution in [0.1, 0.15) is 16.1 Å². The molecule has 0 unspecified atom stereocenters. The van der Waals surface area contributed by atoms with Crippen molar-refractivity contribution in [1.82, 2.24) is 9.38 Å². The molecule has 0 aromatic carbocycles. The second-order valence-electron chi connectivity index (χ2n) is 3.19. The maximum Gasteiger partial charge on any atom is 0.358 e. The van der Waals surface area contributed by atoms with Crippen molar-refractivity contribution >= 4 is 27.5 Å². The molecule has 4 nitrogen and oxygen atoms in total. The first-order valence-electron chi connectivity index (χ1n) is 4.35. The van der Waals surface area contributed by atoms with Crippen molar-refractivity contribution in [2.75, 3.05) is 7.11 Å². The Morgan fingerprint density at radius 1 is 1.53 bits per heavy atom. The van der Waals surface area contributed by atoms with Crippen LogP contribution in [0.4, 0.5) is 0 Å². The molecule has 2 heterocycles. The van der Waals surface area contributed by atoms with E-state index in [1.807, 2.05) is 19.2 Å². The molecule has 15 heavy (non-hydrogen) atoms. The largest absolute Gasteiger partial charge is 0.464 e. The number of hydrogen-bond acceptors (Lipinski definition) is 3. The van der Waals surface area contributed by atoms with Gasteiger partial charge in [0.15, 0.2) is 5.69 Å². The summed E-state index contributed by atoms with van der Waals surface area (Å²) >= 11 is 3.41. The smallest absolute Gasteiger partial charge is 0.358 e. The van der Waals surface area contributed by atoms with Gasteiger partial charge in [-0.05, 0) is 34.5 Å². The first-order valence-corrected chi connectivity index (χ1v) is 5.14. The lowest BCUT2D eigenvalue weighted by Gasteiger charge is -1.98. The van der Waals surface area contributed by atoms with E-state index in [9.17, 15) is 4.79 Å². The van der Waals surface area contributed by atoms with Crippen molar-refractivity contribution in [3.63, 3.8) is 0 Å². The summed E-state index contributed by atoms with van der Waals surface area (Å²) in [4.78, 5) is 15.4. The summed E-state index contributed by atoms with van der Waals surface area (Å²) in [5.74, 6) is -0.424. The highest BCUT2D eigenvalue weighted by atomic mass is 79.9. The fourth-order valence-corrected chi connectivity index (χ4v) is 1.64. The van der Waals surface area contributed by atoms with E-state index in [1.54, 1.807) is 10.6 Å². The Hall–Kier alpha value is -1.36. The van der Waals surface area contributed by atoms with Gasteiger partial charge in [0, 0.05) is 16.9 Å². The molecule has 0 radical (unpaired) electrons. The number of aromatic nitrogens is 2. The lowest BCUT2D eigenvalue weighted by molar-refractivity contribution is 0.0595. The molecule has 0 aliphatic heterocycles. The van der Waals surface area contributed by atoms with Gasteiger partial charge in [-0.1, -0.05) is 0 Å². The molecule has 0 N–H and O–H groups in total. The fourth-order valence-electron chi connectivity index (χ4n) is 1.31. The van der Waals surface area contributed by atoms with Crippen LogP contribution in [-0.4, -0.2) is 22.5 Å². The minimum atomic E-state index is -0.424. The van der Waals surface area contributed by atoms with Gasteiger partial charge in [0.05, 0.1) is 7.11 Å². The number of imidazole rings is 1. The molecule has 2 aromatic rings. The predicted octanol–water partition coefficient (Wildman–Crippen LogP) is 2.19. The predicted molar refractivity (Wildman–Crippen MR) is 59.0 cm³/mol. The molecule has 0 saturated carbocycles. The molecular weight excluding hydrogens is 260 g/mol. The van der Waals surface area contributed by atoms with Crippen LogP contribution in [0.15, 0.2) is 22.9 Å². The topological polar surface area (TPSA) is 43.6 Å². The van der Waals surface area contributed by atoms with Gasteiger partial charge in [-0.3, -0.25) is 0 Å². The Labute approximate surface area is 95.0 Å². The van der Waals surface area contributed by atoms with Gasteiger partial charge in [0.25, 0.3) is 0 Å². The second-order valence-corrected chi connectivity index (χ2v) is 4.04. The number of esters is 1. The zero-order valence-electron chi connectivity index (χ0n) is 8.32. The summed E-state index contributed by atoms with van der Waals surface area (Å²) in [5.41, 5.74) is 2.12. The lowest BCUT2D eigenvalue weighted by Crippen LogP contribution is -2.00. The van der Waals surface area contributed by atoms with E-state index in [-0.39, 0.29) is 0 Å². The molecule has 78 valence electrons. The summed E-state index contributed by atoms with van der Waals surface area (Å²) in [7, 11) is 1.34. The fraction of sp³-hybridized carbons (Fsp3) is 0.200. The standard InChI is InChI=1S/C10H9BrN2O2/c1-6-3-9-12-8(10(14)15-2)5-13(9)4-7(6)11/h3-5H,1-2H3. The highest BCUT2D eigenvalue weighted by molar-refractivity contribution is 9.10. The molecule has 0 amide bonds. The van der Waals surface area contributed by atoms with Crippen LogP contribution < -0.4 is 0 Å². The van der Waals surface area contributed by atoms with Gasteiger partial charge in [-0.25, -0.2) is 9.78 Å². The van der Waals surface area contributed by atoms with Crippen LogP contribution in [-0.2, 0) is 4.74 Å². The molecular formula is C10H9BrN2O2. The van der Waals surface area contributed by atoms with Crippen LogP contribution >= 0.6 is 15.9 Å². The second kappa shape index (κ2) is 3.66. The molecule has 0 aliphatic carbocycles. The number of methoxy groups -OCH3 is 1. The van der Waals surface area contributed by atoms with E-state index in [4.69, 9.17) is 0 Å². The average Bonchev–Trinajstić information content (AvgIpc) is 2.60. The number of aryl methyl sites for hydroxylation is 1. The Bertz CT molecular complexity index is 494. The van der Waals surface area contributed by atoms with Crippen LogP contribution in [0.2, 0.25) is 0 Å². The quantitative estimate of drug-likeness (QED) is 0.745. The van der Waals surface area contributed by atoms with Crippen LogP contribution in [0.25, 0.3) is 5.65 Å². The monoisotopic (exact) mass is 268 g/mol. The third-order valence-corrected chi connectivity index (χ3v) is 2.96. The molecule has 0 fully saturated rings. The van der Waals surface area contributed by atoms with E-state index < -0.39 is 5.97 Å². The van der Waals surface area contributed by atoms with Gasteiger partial charge < -0.3 is 9.14 Å². The van der Waals surface area contributed by atoms with Gasteiger partial charge in [-0.15, -0.1) is 0 Å². The van der Waals surface area contributed by atoms with E-state index in [2.05, 4.69) is 25.7 Å². The number of hydrogen-bond donors (Lipinski definition) is 0. The molecule has 0 spiro atoms. The third kappa shape index (κ3) is 1.74. The molecule has 0 bridgehead atoms. The number of halogens is 1. The summed E-state index contributed by atoms with van der Waals surface area (Å²) < 4.78 is 7.36. The molecule has 0 saturated heterocycles. The summed E-state index contributed by atoms with van der Waals surface area (Å²) in [6.07, 6.45) is 3.51. The first-order chi connectivity index (χ1) is 7.11. The van der Waals surface area contributed by atoms with E-state index in [0.717, 1.165) is 15.7 Å². The summed E-state index contributed by atoms with van der Waals surface area (Å²) in [5, 5.41) is 0. The van der Waals surface area contributed by atoms with Crippen molar-refractivity contribution in [3.8, 4) is 0 Å². The number of pyridine rings is 1. The highest BCUT2D eigenvalue weighted by Gasteiger charge is 2.11. The van der Waals surface area contributed by atoms with Gasteiger partial charge in [0.2, 0.25) is 0 Å². The van der Waals surface area contributed by atoms with Crippen molar-refractivity contribution in [1.29, 1.82) is 0 Å². The SMILES string of the molecule is COC(=O)c1cn2cc(Br)c(C)cc2n1. The Balaban J connectivity index is 2.61.